The third-order valence-electron chi connectivity index (χ3n) is 2.60. The Labute approximate surface area is 114 Å². The van der Waals surface area contributed by atoms with Crippen molar-refractivity contribution in [1.29, 1.82) is 0 Å². The Morgan fingerprint density at radius 3 is 2.75 bits per heavy atom. The van der Waals surface area contributed by atoms with Crippen LogP contribution in [-0.2, 0) is 6.61 Å². The second-order valence-corrected chi connectivity index (χ2v) is 4.22. The van der Waals surface area contributed by atoms with Crippen molar-refractivity contribution in [2.75, 3.05) is 0 Å². The summed E-state index contributed by atoms with van der Waals surface area (Å²) >= 11 is 0. The Kier molecular flexibility index (Phi) is 3.79. The zero-order chi connectivity index (χ0) is 14.7. The topological polar surface area (TPSA) is 95.5 Å². The molecule has 2 aromatic rings. The summed E-state index contributed by atoms with van der Waals surface area (Å²) in [6, 6.07) is 5.59. The van der Waals surface area contributed by atoms with E-state index in [1.165, 1.54) is 25.1 Å². The highest BCUT2D eigenvalue weighted by Gasteiger charge is 2.15. The molecule has 0 aliphatic rings. The first-order valence-electron chi connectivity index (χ1n) is 5.81. The molecule has 0 saturated carbocycles. The van der Waals surface area contributed by atoms with Gasteiger partial charge in [-0.05, 0) is 19.9 Å². The monoisotopic (exact) mass is 276 g/mol. The lowest BCUT2D eigenvalue weighted by Gasteiger charge is -2.07. The molecule has 104 valence electrons. The summed E-state index contributed by atoms with van der Waals surface area (Å²) in [4.78, 5) is 21.7. The average molecular weight is 276 g/mol. The Morgan fingerprint density at radius 2 is 2.20 bits per heavy atom. The number of aryl methyl sites for hydroxylation is 1. The number of hydrogen-bond donors (Lipinski definition) is 0. The Hall–Kier alpha value is -2.70. The van der Waals surface area contributed by atoms with E-state index >= 15 is 0 Å². The minimum atomic E-state index is -0.559. The van der Waals surface area contributed by atoms with Gasteiger partial charge in [0.2, 0.25) is 0 Å². The maximum Gasteiger partial charge on any atom is 0.270 e. The molecule has 0 unspecified atom stereocenters. The first-order valence-corrected chi connectivity index (χ1v) is 5.81. The van der Waals surface area contributed by atoms with E-state index in [2.05, 4.69) is 5.16 Å². The summed E-state index contributed by atoms with van der Waals surface area (Å²) in [5.41, 5.74) is 0.729. The van der Waals surface area contributed by atoms with Gasteiger partial charge in [-0.25, -0.2) is 0 Å². The van der Waals surface area contributed by atoms with Gasteiger partial charge in [0.05, 0.1) is 16.2 Å². The summed E-state index contributed by atoms with van der Waals surface area (Å²) in [5, 5.41) is 14.4. The standard InChI is InChI=1S/C13H12N2O5/c1-8-5-11(20-14-8)7-19-13-4-3-10(15(17)18)6-12(13)9(2)16/h3-6H,7H2,1-2H3. The second kappa shape index (κ2) is 5.52. The number of carbonyl (C=O) groups excluding carboxylic acids is 1. The van der Waals surface area contributed by atoms with Gasteiger partial charge in [-0.2, -0.15) is 0 Å². The van der Waals surface area contributed by atoms with Crippen molar-refractivity contribution in [3.63, 3.8) is 0 Å². The lowest BCUT2D eigenvalue weighted by atomic mass is 10.1. The van der Waals surface area contributed by atoms with E-state index in [0.29, 0.717) is 5.76 Å². The van der Waals surface area contributed by atoms with Crippen LogP contribution in [0.4, 0.5) is 5.69 Å². The Bertz CT molecular complexity index is 663. The lowest BCUT2D eigenvalue weighted by Crippen LogP contribution is -2.02. The van der Waals surface area contributed by atoms with Crippen molar-refractivity contribution in [2.45, 2.75) is 20.5 Å². The fourth-order valence-corrected chi connectivity index (χ4v) is 1.67. The van der Waals surface area contributed by atoms with Gasteiger partial charge in [0, 0.05) is 18.2 Å². The fraction of sp³-hybridized carbons (Fsp3) is 0.231. The van der Waals surface area contributed by atoms with Crippen LogP contribution in [0.5, 0.6) is 5.75 Å². The average Bonchev–Trinajstić information content (AvgIpc) is 2.81. The molecule has 0 spiro atoms. The van der Waals surface area contributed by atoms with Crippen LogP contribution in [0.1, 0.15) is 28.7 Å². The zero-order valence-corrected chi connectivity index (χ0v) is 11.0. The van der Waals surface area contributed by atoms with Crippen molar-refractivity contribution >= 4 is 11.5 Å². The van der Waals surface area contributed by atoms with Crippen molar-refractivity contribution in [2.24, 2.45) is 0 Å². The van der Waals surface area contributed by atoms with Crippen LogP contribution >= 0.6 is 0 Å². The predicted molar refractivity (Wildman–Crippen MR) is 68.7 cm³/mol. The maximum atomic E-state index is 11.5. The smallest absolute Gasteiger partial charge is 0.270 e. The number of ketones is 1. The summed E-state index contributed by atoms with van der Waals surface area (Å²) in [6.45, 7) is 3.20. The van der Waals surface area contributed by atoms with E-state index < -0.39 is 4.92 Å². The van der Waals surface area contributed by atoms with E-state index in [1.54, 1.807) is 13.0 Å². The third-order valence-corrected chi connectivity index (χ3v) is 2.60. The molecule has 0 N–H and O–H groups in total. The summed E-state index contributed by atoms with van der Waals surface area (Å²) in [7, 11) is 0. The molecule has 0 radical (unpaired) electrons. The number of aromatic nitrogens is 1. The fourth-order valence-electron chi connectivity index (χ4n) is 1.67. The lowest BCUT2D eigenvalue weighted by molar-refractivity contribution is -0.384. The molecule has 0 fully saturated rings. The number of Topliss-reactive ketones (excluding diaryl/α,β-unsaturated/α-hetero) is 1. The van der Waals surface area contributed by atoms with Gasteiger partial charge >= 0.3 is 0 Å². The number of nitrogens with zero attached hydrogens (tertiary/aromatic N) is 2. The number of rotatable bonds is 5. The summed E-state index contributed by atoms with van der Waals surface area (Å²) in [6.07, 6.45) is 0. The first kappa shape index (κ1) is 13.7. The number of ether oxygens (including phenoxy) is 1. The van der Waals surface area contributed by atoms with Gasteiger partial charge < -0.3 is 9.26 Å². The van der Waals surface area contributed by atoms with Crippen LogP contribution in [0.15, 0.2) is 28.8 Å². The number of carbonyl (C=O) groups is 1. The molecule has 0 atom stereocenters. The molecule has 0 aliphatic carbocycles. The molecule has 0 amide bonds. The van der Waals surface area contributed by atoms with Crippen LogP contribution < -0.4 is 4.74 Å². The molecule has 0 bridgehead atoms. The zero-order valence-electron chi connectivity index (χ0n) is 11.0. The minimum Gasteiger partial charge on any atom is -0.485 e. The molecule has 0 saturated heterocycles. The molecular formula is C13H12N2O5. The molecule has 1 heterocycles. The Morgan fingerprint density at radius 1 is 1.45 bits per heavy atom. The van der Waals surface area contributed by atoms with Gasteiger partial charge in [0.1, 0.15) is 12.4 Å². The molecule has 2 rings (SSSR count). The van der Waals surface area contributed by atoms with Gasteiger partial charge in [0.25, 0.3) is 5.69 Å². The highest BCUT2D eigenvalue weighted by atomic mass is 16.6. The number of non-ortho nitro benzene ring substituents is 1. The molecule has 20 heavy (non-hydrogen) atoms. The normalized spacial score (nSPS) is 10.3. The van der Waals surface area contributed by atoms with Crippen LogP contribution in [-0.4, -0.2) is 15.9 Å². The van der Waals surface area contributed by atoms with E-state index in [4.69, 9.17) is 9.26 Å². The van der Waals surface area contributed by atoms with Gasteiger partial charge in [-0.15, -0.1) is 0 Å². The predicted octanol–water partition coefficient (Wildman–Crippen LogP) is 2.67. The van der Waals surface area contributed by atoms with Crippen molar-refractivity contribution in [3.05, 3.63) is 51.4 Å². The van der Waals surface area contributed by atoms with E-state index in [1.807, 2.05) is 0 Å². The van der Waals surface area contributed by atoms with E-state index in [0.717, 1.165) is 5.69 Å². The molecule has 1 aromatic heterocycles. The molecule has 0 aliphatic heterocycles. The number of hydrogen-bond acceptors (Lipinski definition) is 6. The van der Waals surface area contributed by atoms with Crippen molar-refractivity contribution in [1.82, 2.24) is 5.16 Å². The number of nitro groups is 1. The minimum absolute atomic E-state index is 0.0962. The molecule has 1 aromatic carbocycles. The van der Waals surface area contributed by atoms with Gasteiger partial charge in [-0.1, -0.05) is 5.16 Å². The second-order valence-electron chi connectivity index (χ2n) is 4.22. The number of nitro benzene ring substituents is 1. The first-order chi connectivity index (χ1) is 9.47. The van der Waals surface area contributed by atoms with Gasteiger partial charge in [0.15, 0.2) is 11.5 Å². The SMILES string of the molecule is CC(=O)c1cc([N+](=O)[O-])ccc1OCc1cc(C)no1. The van der Waals surface area contributed by atoms with Crippen LogP contribution in [0, 0.1) is 17.0 Å². The highest BCUT2D eigenvalue weighted by molar-refractivity contribution is 5.97. The third kappa shape index (κ3) is 3.00. The van der Waals surface area contributed by atoms with Crippen LogP contribution in [0.3, 0.4) is 0 Å². The Balaban J connectivity index is 2.22. The summed E-state index contributed by atoms with van der Waals surface area (Å²) < 4.78 is 10.4. The van der Waals surface area contributed by atoms with Crippen LogP contribution in [0.2, 0.25) is 0 Å². The van der Waals surface area contributed by atoms with Crippen LogP contribution in [0.25, 0.3) is 0 Å². The van der Waals surface area contributed by atoms with E-state index in [-0.39, 0.29) is 29.4 Å². The number of benzene rings is 1. The summed E-state index contributed by atoms with van der Waals surface area (Å²) in [5.74, 6) is 0.477. The molecule has 7 heteroatoms. The molecule has 7 nitrogen and oxygen atoms in total. The maximum absolute atomic E-state index is 11.5. The molecular weight excluding hydrogens is 264 g/mol. The van der Waals surface area contributed by atoms with Crippen molar-refractivity contribution in [3.8, 4) is 5.75 Å². The highest BCUT2D eigenvalue weighted by Crippen LogP contribution is 2.25. The van der Waals surface area contributed by atoms with E-state index in [9.17, 15) is 14.9 Å². The largest absolute Gasteiger partial charge is 0.485 e. The quantitative estimate of drug-likeness (QED) is 0.473. The van der Waals surface area contributed by atoms with Crippen molar-refractivity contribution < 1.29 is 19.0 Å². The van der Waals surface area contributed by atoms with Gasteiger partial charge in [-0.3, -0.25) is 14.9 Å².